The monoisotopic (exact) mass is 312 g/mol. The average molecular weight is 312 g/mol. The molecule has 1 rings (SSSR count). The molecule has 0 spiro atoms. The van der Waals surface area contributed by atoms with E-state index in [-0.39, 0.29) is 88.7 Å². The van der Waals surface area contributed by atoms with Crippen LogP contribution in [0, 0.1) is 6.08 Å². The second-order valence-electron chi connectivity index (χ2n) is 2.90. The maximum atomic E-state index is 9.95. The zero-order chi connectivity index (χ0) is 13.8. The van der Waals surface area contributed by atoms with Crippen LogP contribution in [-0.4, -0.2) is 11.9 Å². The van der Waals surface area contributed by atoms with Crippen LogP contribution >= 0.6 is 0 Å². The Bertz CT molecular complexity index is 457. The molecule has 21 heavy (non-hydrogen) atoms. The van der Waals surface area contributed by atoms with Crippen LogP contribution in [0.5, 0.6) is 0 Å². The number of benzene rings is 1. The first-order valence-corrected chi connectivity index (χ1v) is 4.91. The zero-order valence-electron chi connectivity index (χ0n) is 12.5. The van der Waals surface area contributed by atoms with Gasteiger partial charge in [0.15, 0.2) is 0 Å². The van der Waals surface area contributed by atoms with E-state index in [0.29, 0.717) is 0 Å². The van der Waals surface area contributed by atoms with Gasteiger partial charge in [0.2, 0.25) is 0 Å². The molecular formula is C14H11Na3O4. The van der Waals surface area contributed by atoms with E-state index in [0.717, 1.165) is 17.7 Å². The van der Waals surface area contributed by atoms with Crippen LogP contribution in [0.1, 0.15) is 5.56 Å². The molecule has 0 fully saturated rings. The quantitative estimate of drug-likeness (QED) is 0.239. The van der Waals surface area contributed by atoms with Gasteiger partial charge in [0.25, 0.3) is 0 Å². The molecule has 94 valence electrons. The van der Waals surface area contributed by atoms with Crippen LogP contribution in [0.2, 0.25) is 0 Å². The van der Waals surface area contributed by atoms with Crippen molar-refractivity contribution in [2.75, 3.05) is 0 Å². The summed E-state index contributed by atoms with van der Waals surface area (Å²) >= 11 is 0. The Morgan fingerprint density at radius 2 is 1.48 bits per heavy atom. The Labute approximate surface area is 190 Å². The molecule has 0 saturated heterocycles. The minimum atomic E-state index is -1.24. The average Bonchev–Trinajstić information content (AvgIpc) is 2.36. The number of aliphatic carboxylic acids is 2. The Hall–Kier alpha value is 0.380. The van der Waals surface area contributed by atoms with Crippen LogP contribution < -0.4 is 98.9 Å². The number of allylic oxidation sites excluding steroid dienone is 2. The van der Waals surface area contributed by atoms with Crippen molar-refractivity contribution in [3.8, 4) is 0 Å². The predicted molar refractivity (Wildman–Crippen MR) is 63.5 cm³/mol. The molecule has 0 unspecified atom stereocenters. The molecule has 4 nitrogen and oxygen atoms in total. The van der Waals surface area contributed by atoms with Gasteiger partial charge in [-0.2, -0.15) is 24.3 Å². The molecular weight excluding hydrogens is 301 g/mol. The van der Waals surface area contributed by atoms with E-state index in [2.05, 4.69) is 12.7 Å². The Balaban J connectivity index is -0.000000159. The predicted octanol–water partition coefficient (Wildman–Crippen LogP) is -9.26. The molecule has 0 saturated carbocycles. The Morgan fingerprint density at radius 1 is 1.00 bits per heavy atom. The minimum absolute atomic E-state index is 0. The first-order valence-electron chi connectivity index (χ1n) is 4.91. The SMILES string of the molecule is C=CC(=O)[O-].O=C([O-])C=[C-]C=Cc1ccccc1.[Na+].[Na+].[Na+]. The van der Waals surface area contributed by atoms with E-state index in [9.17, 15) is 9.90 Å². The Morgan fingerprint density at radius 3 is 1.86 bits per heavy atom. The van der Waals surface area contributed by atoms with E-state index < -0.39 is 11.9 Å². The molecule has 0 atom stereocenters. The molecule has 0 bridgehead atoms. The van der Waals surface area contributed by atoms with Crippen molar-refractivity contribution < 1.29 is 108 Å². The smallest absolute Gasteiger partial charge is 0.621 e. The number of carboxylic acid groups (broad SMARTS) is 2. The molecule has 0 aromatic heterocycles. The van der Waals surface area contributed by atoms with Gasteiger partial charge in [-0.1, -0.05) is 42.5 Å². The number of rotatable bonds is 4. The minimum Gasteiger partial charge on any atom is -0.621 e. The van der Waals surface area contributed by atoms with Crippen molar-refractivity contribution in [3.63, 3.8) is 0 Å². The molecule has 0 aliphatic carbocycles. The molecule has 0 N–H and O–H groups in total. The van der Waals surface area contributed by atoms with Crippen LogP contribution in [0.25, 0.3) is 6.08 Å². The molecule has 0 heterocycles. The summed E-state index contributed by atoms with van der Waals surface area (Å²) in [6, 6.07) is 9.55. The molecule has 1 aromatic carbocycles. The van der Waals surface area contributed by atoms with E-state index in [1.165, 1.54) is 6.08 Å². The molecule has 1 aromatic rings. The summed E-state index contributed by atoms with van der Waals surface area (Å²) in [7, 11) is 0. The van der Waals surface area contributed by atoms with Crippen LogP contribution in [0.4, 0.5) is 0 Å². The third kappa shape index (κ3) is 22.8. The maximum Gasteiger partial charge on any atom is 1.00 e. The molecule has 0 aliphatic rings. The van der Waals surface area contributed by atoms with Gasteiger partial charge < -0.3 is 19.8 Å². The van der Waals surface area contributed by atoms with Crippen LogP contribution in [0.15, 0.2) is 55.1 Å². The van der Waals surface area contributed by atoms with E-state index in [1.807, 2.05) is 30.3 Å². The fourth-order valence-corrected chi connectivity index (χ4v) is 0.825. The van der Waals surface area contributed by atoms with Crippen molar-refractivity contribution in [2.45, 2.75) is 0 Å². The largest absolute Gasteiger partial charge is 1.00 e. The van der Waals surface area contributed by atoms with Crippen LogP contribution in [-0.2, 0) is 9.59 Å². The summed E-state index contributed by atoms with van der Waals surface area (Å²) in [6.07, 6.45) is 7.34. The number of hydrogen-bond donors (Lipinski definition) is 0. The first kappa shape index (κ1) is 29.4. The van der Waals surface area contributed by atoms with E-state index in [4.69, 9.17) is 9.90 Å². The van der Waals surface area contributed by atoms with Gasteiger partial charge in [0.1, 0.15) is 0 Å². The van der Waals surface area contributed by atoms with Gasteiger partial charge >= 0.3 is 88.7 Å². The van der Waals surface area contributed by atoms with E-state index >= 15 is 0 Å². The van der Waals surface area contributed by atoms with Crippen molar-refractivity contribution >= 4 is 18.0 Å². The van der Waals surface area contributed by atoms with Gasteiger partial charge in [0, 0.05) is 0 Å². The second-order valence-corrected chi connectivity index (χ2v) is 2.90. The Kier molecular flexibility index (Phi) is 28.5. The van der Waals surface area contributed by atoms with Crippen molar-refractivity contribution in [1.29, 1.82) is 0 Å². The van der Waals surface area contributed by atoms with Gasteiger partial charge in [-0.25, -0.2) is 0 Å². The van der Waals surface area contributed by atoms with Gasteiger partial charge in [0.05, 0.1) is 5.97 Å². The fraction of sp³-hybridized carbons (Fsp3) is 0. The van der Waals surface area contributed by atoms with Crippen molar-refractivity contribution in [2.24, 2.45) is 0 Å². The fourth-order valence-electron chi connectivity index (χ4n) is 0.825. The number of carboxylic acids is 2. The summed E-state index contributed by atoms with van der Waals surface area (Å²) in [5.41, 5.74) is 1.00. The van der Waals surface area contributed by atoms with Gasteiger partial charge in [-0.05, 0) is 12.0 Å². The molecule has 0 amide bonds. The number of carbonyl (C=O) groups is 2. The molecule has 0 aliphatic heterocycles. The van der Waals surface area contributed by atoms with Crippen molar-refractivity contribution in [3.05, 3.63) is 66.8 Å². The third-order valence-corrected chi connectivity index (χ3v) is 1.54. The topological polar surface area (TPSA) is 80.3 Å². The van der Waals surface area contributed by atoms with Gasteiger partial charge in [-0.3, -0.25) is 0 Å². The zero-order valence-corrected chi connectivity index (χ0v) is 18.5. The summed E-state index contributed by atoms with van der Waals surface area (Å²) in [5, 5.41) is 19.1. The van der Waals surface area contributed by atoms with Gasteiger partial charge in [-0.15, -0.1) is 0 Å². The summed E-state index contributed by atoms with van der Waals surface area (Å²) in [6.45, 7) is 2.90. The first-order chi connectivity index (χ1) is 8.56. The molecule has 7 heteroatoms. The summed E-state index contributed by atoms with van der Waals surface area (Å²) < 4.78 is 0. The third-order valence-electron chi connectivity index (χ3n) is 1.54. The normalized spacial score (nSPS) is 8.38. The van der Waals surface area contributed by atoms with Crippen molar-refractivity contribution in [1.82, 2.24) is 0 Å². The maximum absolute atomic E-state index is 9.95. The second kappa shape index (κ2) is 20.4. The number of hydrogen-bond acceptors (Lipinski definition) is 4. The number of carbonyl (C=O) groups excluding carboxylic acids is 2. The summed E-state index contributed by atoms with van der Waals surface area (Å²) in [5.74, 6) is -2.47. The molecule has 0 radical (unpaired) electrons. The van der Waals surface area contributed by atoms with E-state index in [1.54, 1.807) is 6.08 Å². The standard InChI is InChI=1S/C11H9O2.C3H4O2.3Na/c12-11(13)9-5-4-8-10-6-2-1-3-7-10;1-2-3(4)5;;;/h1-4,6-9H,(H,12,13);2H,1H2,(H,4,5);;;/q-1;;3*+1/p-2. The summed E-state index contributed by atoms with van der Waals surface area (Å²) in [4.78, 5) is 19.1. The van der Waals surface area contributed by atoms with Crippen LogP contribution in [0.3, 0.4) is 0 Å².